The van der Waals surface area contributed by atoms with Crippen LogP contribution in [0.1, 0.15) is 12.0 Å². The Morgan fingerprint density at radius 3 is 2.37 bits per heavy atom. The zero-order chi connectivity index (χ0) is 21.7. The van der Waals surface area contributed by atoms with E-state index in [4.69, 9.17) is 4.74 Å². The van der Waals surface area contributed by atoms with Gasteiger partial charge >= 0.3 is 0 Å². The fraction of sp³-hybridized carbons (Fsp3) is 0.409. The van der Waals surface area contributed by atoms with Crippen molar-refractivity contribution in [1.82, 2.24) is 4.90 Å². The van der Waals surface area contributed by atoms with Gasteiger partial charge in [0.2, 0.25) is 15.9 Å². The summed E-state index contributed by atoms with van der Waals surface area (Å²) in [7, 11) is -1.94. The Morgan fingerprint density at radius 1 is 1.03 bits per heavy atom. The van der Waals surface area contributed by atoms with Gasteiger partial charge in [0.05, 0.1) is 19.1 Å². The largest absolute Gasteiger partial charge is 0.497 e. The molecule has 2 aromatic rings. The van der Waals surface area contributed by atoms with Crippen LogP contribution in [0.2, 0.25) is 0 Å². The lowest BCUT2D eigenvalue weighted by atomic mass is 10.2. The lowest BCUT2D eigenvalue weighted by Crippen LogP contribution is -2.44. The zero-order valence-corrected chi connectivity index (χ0v) is 18.6. The molecular formula is C22H29N3O4S. The molecule has 1 fully saturated rings. The maximum Gasteiger partial charge on any atom is 0.243 e. The summed E-state index contributed by atoms with van der Waals surface area (Å²) >= 11 is 0. The van der Waals surface area contributed by atoms with Crippen LogP contribution in [0.4, 0.5) is 11.4 Å². The molecule has 0 aromatic heterocycles. The molecule has 3 rings (SSSR count). The summed E-state index contributed by atoms with van der Waals surface area (Å²) < 4.78 is 31.2. The molecule has 30 heavy (non-hydrogen) atoms. The highest BCUT2D eigenvalue weighted by molar-refractivity contribution is 7.92. The van der Waals surface area contributed by atoms with Gasteiger partial charge in [0, 0.05) is 31.9 Å². The van der Waals surface area contributed by atoms with Crippen LogP contribution in [0, 0.1) is 6.92 Å². The second-order valence-electron chi connectivity index (χ2n) is 7.48. The highest BCUT2D eigenvalue weighted by Gasteiger charge is 2.26. The van der Waals surface area contributed by atoms with E-state index in [-0.39, 0.29) is 12.5 Å². The van der Waals surface area contributed by atoms with Gasteiger partial charge in [0.25, 0.3) is 0 Å². The molecular weight excluding hydrogens is 402 g/mol. The van der Waals surface area contributed by atoms with Crippen molar-refractivity contribution in [1.29, 1.82) is 0 Å². The first-order chi connectivity index (χ1) is 14.3. The average molecular weight is 432 g/mol. The normalized spacial score (nSPS) is 14.9. The number of sulfonamides is 1. The number of anilines is 2. The molecule has 0 bridgehead atoms. The Morgan fingerprint density at radius 2 is 1.73 bits per heavy atom. The van der Waals surface area contributed by atoms with Crippen LogP contribution >= 0.6 is 0 Å². The van der Waals surface area contributed by atoms with Crippen LogP contribution in [0.25, 0.3) is 0 Å². The Balaban J connectivity index is 1.69. The van der Waals surface area contributed by atoms with Crippen LogP contribution in [0.3, 0.4) is 0 Å². The topological polar surface area (TPSA) is 70.2 Å². The molecule has 8 heteroatoms. The van der Waals surface area contributed by atoms with Crippen molar-refractivity contribution in [3.63, 3.8) is 0 Å². The standard InChI is InChI=1S/C22H29N3O4S/c1-18-7-4-5-8-21(18)25(30(3,27)28)17-22(26)24-14-6-13-23(15-16-24)19-9-11-20(29-2)12-10-19/h4-5,7-12H,6,13-17H2,1-3H3. The van der Waals surface area contributed by atoms with Gasteiger partial charge in [-0.25, -0.2) is 8.42 Å². The summed E-state index contributed by atoms with van der Waals surface area (Å²) in [5.74, 6) is 0.628. The molecule has 0 unspecified atom stereocenters. The number of aryl methyl sites for hydroxylation is 1. The fourth-order valence-electron chi connectivity index (χ4n) is 3.67. The number of para-hydroxylation sites is 1. The van der Waals surface area contributed by atoms with Crippen LogP contribution in [-0.4, -0.2) is 65.3 Å². The van der Waals surface area contributed by atoms with Gasteiger partial charge in [0.1, 0.15) is 12.3 Å². The van der Waals surface area contributed by atoms with Crippen molar-refractivity contribution < 1.29 is 17.9 Å². The summed E-state index contributed by atoms with van der Waals surface area (Å²) in [6.45, 7) is 4.35. The third-order valence-corrected chi connectivity index (χ3v) is 6.48. The van der Waals surface area contributed by atoms with Gasteiger partial charge in [-0.2, -0.15) is 0 Å². The number of hydrogen-bond donors (Lipinski definition) is 0. The predicted molar refractivity (Wildman–Crippen MR) is 120 cm³/mol. The molecule has 1 aliphatic rings. The molecule has 1 aliphatic heterocycles. The monoisotopic (exact) mass is 431 g/mol. The number of hydrogen-bond acceptors (Lipinski definition) is 5. The minimum absolute atomic E-state index is 0.180. The summed E-state index contributed by atoms with van der Waals surface area (Å²) in [4.78, 5) is 17.0. The predicted octanol–water partition coefficient (Wildman–Crippen LogP) is 2.51. The molecule has 1 saturated heterocycles. The number of ether oxygens (including phenoxy) is 1. The molecule has 0 aliphatic carbocycles. The minimum Gasteiger partial charge on any atom is -0.497 e. The molecule has 162 valence electrons. The average Bonchev–Trinajstić information content (AvgIpc) is 2.98. The van der Waals surface area contributed by atoms with E-state index in [2.05, 4.69) is 4.90 Å². The van der Waals surface area contributed by atoms with E-state index >= 15 is 0 Å². The molecule has 1 heterocycles. The number of amides is 1. The number of benzene rings is 2. The van der Waals surface area contributed by atoms with Crippen LogP contribution < -0.4 is 13.9 Å². The number of carbonyl (C=O) groups excluding carboxylic acids is 1. The third kappa shape index (κ3) is 5.24. The SMILES string of the molecule is COc1ccc(N2CCCN(C(=O)CN(c3ccccc3C)S(C)(=O)=O)CC2)cc1. The molecule has 0 atom stereocenters. The van der Waals surface area contributed by atoms with Crippen molar-refractivity contribution in [2.24, 2.45) is 0 Å². The van der Waals surface area contributed by atoms with Gasteiger partial charge in [-0.1, -0.05) is 18.2 Å². The van der Waals surface area contributed by atoms with E-state index in [1.807, 2.05) is 43.3 Å². The van der Waals surface area contributed by atoms with E-state index in [1.54, 1.807) is 24.1 Å². The Hall–Kier alpha value is -2.74. The van der Waals surface area contributed by atoms with E-state index in [9.17, 15) is 13.2 Å². The maximum absolute atomic E-state index is 13.0. The molecule has 7 nitrogen and oxygen atoms in total. The Kier molecular flexibility index (Phi) is 6.87. The summed E-state index contributed by atoms with van der Waals surface area (Å²) in [5.41, 5.74) is 2.45. The van der Waals surface area contributed by atoms with Crippen molar-refractivity contribution in [3.8, 4) is 5.75 Å². The molecule has 1 amide bonds. The first-order valence-corrected chi connectivity index (χ1v) is 11.8. The smallest absolute Gasteiger partial charge is 0.243 e. The molecule has 0 N–H and O–H groups in total. The van der Waals surface area contributed by atoms with Crippen LogP contribution in [0.5, 0.6) is 5.75 Å². The van der Waals surface area contributed by atoms with E-state index in [0.29, 0.717) is 25.3 Å². The van der Waals surface area contributed by atoms with E-state index in [0.717, 1.165) is 36.2 Å². The number of nitrogens with zero attached hydrogens (tertiary/aromatic N) is 3. The number of methoxy groups -OCH3 is 1. The first kappa shape index (κ1) is 22.0. The molecule has 2 aromatic carbocycles. The summed E-state index contributed by atoms with van der Waals surface area (Å²) in [6, 6.07) is 15.1. The van der Waals surface area contributed by atoms with Gasteiger partial charge < -0.3 is 14.5 Å². The van der Waals surface area contributed by atoms with Crippen LogP contribution in [-0.2, 0) is 14.8 Å². The molecule has 0 spiro atoms. The van der Waals surface area contributed by atoms with Gasteiger partial charge in [0.15, 0.2) is 0 Å². The summed E-state index contributed by atoms with van der Waals surface area (Å²) in [6.07, 6.45) is 1.96. The second kappa shape index (κ2) is 9.38. The van der Waals surface area contributed by atoms with Gasteiger partial charge in [-0.3, -0.25) is 9.10 Å². The number of carbonyl (C=O) groups is 1. The Labute approximate surface area is 178 Å². The maximum atomic E-state index is 13.0. The summed E-state index contributed by atoms with van der Waals surface area (Å²) in [5, 5.41) is 0. The van der Waals surface area contributed by atoms with Crippen molar-refractivity contribution in [2.45, 2.75) is 13.3 Å². The van der Waals surface area contributed by atoms with Crippen molar-refractivity contribution >= 4 is 27.3 Å². The lowest BCUT2D eigenvalue weighted by molar-refractivity contribution is -0.129. The van der Waals surface area contributed by atoms with E-state index in [1.165, 1.54) is 4.31 Å². The zero-order valence-electron chi connectivity index (χ0n) is 17.7. The second-order valence-corrected chi connectivity index (χ2v) is 9.38. The number of rotatable bonds is 6. The third-order valence-electron chi connectivity index (χ3n) is 5.35. The molecule has 0 saturated carbocycles. The molecule has 0 radical (unpaired) electrons. The first-order valence-electron chi connectivity index (χ1n) is 9.99. The Bertz CT molecular complexity index is 976. The van der Waals surface area contributed by atoms with Crippen molar-refractivity contribution in [2.75, 3.05) is 55.3 Å². The highest BCUT2D eigenvalue weighted by Crippen LogP contribution is 2.23. The van der Waals surface area contributed by atoms with Gasteiger partial charge in [-0.05, 0) is 49.2 Å². The van der Waals surface area contributed by atoms with Crippen LogP contribution in [0.15, 0.2) is 48.5 Å². The van der Waals surface area contributed by atoms with E-state index < -0.39 is 10.0 Å². The quantitative estimate of drug-likeness (QED) is 0.703. The minimum atomic E-state index is -3.58. The van der Waals surface area contributed by atoms with Crippen molar-refractivity contribution in [3.05, 3.63) is 54.1 Å². The fourth-order valence-corrected chi connectivity index (χ4v) is 4.57. The van der Waals surface area contributed by atoms with Gasteiger partial charge in [-0.15, -0.1) is 0 Å². The highest BCUT2D eigenvalue weighted by atomic mass is 32.2. The lowest BCUT2D eigenvalue weighted by Gasteiger charge is -2.28.